The summed E-state index contributed by atoms with van der Waals surface area (Å²) in [6.45, 7) is 7.12. The van der Waals surface area contributed by atoms with E-state index in [1.807, 2.05) is 0 Å². The van der Waals surface area contributed by atoms with E-state index in [0.29, 0.717) is 0 Å². The first-order valence-corrected chi connectivity index (χ1v) is 9.06. The van der Waals surface area contributed by atoms with Crippen molar-refractivity contribution < 1.29 is 18.3 Å². The smallest absolute Gasteiger partial charge is 0.241 e. The van der Waals surface area contributed by atoms with E-state index < -0.39 is 23.6 Å². The summed E-state index contributed by atoms with van der Waals surface area (Å²) in [5, 5.41) is 2.89. The average molecular weight is 368 g/mol. The molecule has 0 aliphatic carbocycles. The van der Waals surface area contributed by atoms with Gasteiger partial charge < -0.3 is 15.8 Å². The lowest BCUT2D eigenvalue weighted by atomic mass is 10.1. The lowest BCUT2D eigenvalue weighted by molar-refractivity contribution is -0.123. The summed E-state index contributed by atoms with van der Waals surface area (Å²) in [5.74, 6) is -1.92. The van der Waals surface area contributed by atoms with E-state index in [9.17, 15) is 13.6 Å². The molecule has 0 saturated carbocycles. The number of amides is 1. The van der Waals surface area contributed by atoms with Crippen LogP contribution in [-0.2, 0) is 9.53 Å². The molecule has 3 N–H and O–H groups in total. The number of halogens is 2. The van der Waals surface area contributed by atoms with Gasteiger partial charge in [-0.05, 0) is 12.5 Å². The molecular formula is C18H26F2N4O2. The van der Waals surface area contributed by atoms with Crippen LogP contribution in [0.15, 0.2) is 18.2 Å². The Labute approximate surface area is 152 Å². The van der Waals surface area contributed by atoms with Crippen LogP contribution in [0.4, 0.5) is 8.78 Å². The predicted octanol–water partition coefficient (Wildman–Crippen LogP) is 0.487. The third-order valence-corrected chi connectivity index (χ3v) is 5.03. The number of hydrogen-bond donors (Lipinski definition) is 2. The van der Waals surface area contributed by atoms with Crippen LogP contribution in [0.5, 0.6) is 0 Å². The van der Waals surface area contributed by atoms with Gasteiger partial charge in [-0.25, -0.2) is 8.78 Å². The Morgan fingerprint density at radius 1 is 1.23 bits per heavy atom. The van der Waals surface area contributed by atoms with Gasteiger partial charge >= 0.3 is 0 Å². The average Bonchev–Trinajstić information content (AvgIpc) is 3.08. The van der Waals surface area contributed by atoms with Crippen LogP contribution in [0, 0.1) is 11.6 Å². The second-order valence-corrected chi connectivity index (χ2v) is 6.89. The molecule has 1 aromatic carbocycles. The topological polar surface area (TPSA) is 70.8 Å². The molecule has 144 valence electrons. The maximum atomic E-state index is 13.8. The number of nitrogens with zero attached hydrogens (tertiary/aromatic N) is 2. The SMILES string of the molecule is NC(C(=O)NC1CCN(CCN2CCOCC2)C1)c1ccc(F)cc1F. The van der Waals surface area contributed by atoms with Crippen molar-refractivity contribution in [3.05, 3.63) is 35.4 Å². The highest BCUT2D eigenvalue weighted by atomic mass is 19.1. The molecule has 2 heterocycles. The monoisotopic (exact) mass is 368 g/mol. The highest BCUT2D eigenvalue weighted by Crippen LogP contribution is 2.17. The van der Waals surface area contributed by atoms with Gasteiger partial charge in [0.15, 0.2) is 0 Å². The summed E-state index contributed by atoms with van der Waals surface area (Å²) in [7, 11) is 0. The number of carbonyl (C=O) groups excluding carboxylic acids is 1. The molecule has 2 saturated heterocycles. The lowest BCUT2D eigenvalue weighted by Crippen LogP contribution is -2.44. The van der Waals surface area contributed by atoms with Crippen molar-refractivity contribution in [1.82, 2.24) is 15.1 Å². The van der Waals surface area contributed by atoms with Crippen LogP contribution in [0.1, 0.15) is 18.0 Å². The summed E-state index contributed by atoms with van der Waals surface area (Å²) >= 11 is 0. The third kappa shape index (κ3) is 4.97. The summed E-state index contributed by atoms with van der Waals surface area (Å²) < 4.78 is 32.1. The minimum absolute atomic E-state index is 0.00162. The van der Waals surface area contributed by atoms with Crippen molar-refractivity contribution in [3.63, 3.8) is 0 Å². The molecule has 8 heteroatoms. The number of ether oxygens (including phenoxy) is 1. The number of likely N-dealkylation sites (tertiary alicyclic amines) is 1. The zero-order valence-corrected chi connectivity index (χ0v) is 14.8. The number of nitrogens with one attached hydrogen (secondary N) is 1. The van der Waals surface area contributed by atoms with Gasteiger partial charge in [0, 0.05) is 56.9 Å². The van der Waals surface area contributed by atoms with Gasteiger partial charge in [0.05, 0.1) is 13.2 Å². The van der Waals surface area contributed by atoms with Gasteiger partial charge in [-0.3, -0.25) is 14.6 Å². The predicted molar refractivity (Wildman–Crippen MR) is 93.5 cm³/mol. The van der Waals surface area contributed by atoms with Gasteiger partial charge in [-0.1, -0.05) is 6.07 Å². The Hall–Kier alpha value is -1.61. The van der Waals surface area contributed by atoms with Crippen LogP contribution in [0.25, 0.3) is 0 Å². The van der Waals surface area contributed by atoms with Crippen molar-refractivity contribution in [2.24, 2.45) is 5.73 Å². The van der Waals surface area contributed by atoms with Crippen molar-refractivity contribution in [3.8, 4) is 0 Å². The third-order valence-electron chi connectivity index (χ3n) is 5.03. The van der Waals surface area contributed by atoms with Crippen molar-refractivity contribution in [2.75, 3.05) is 52.5 Å². The molecule has 2 atom stereocenters. The highest BCUT2D eigenvalue weighted by Gasteiger charge is 2.27. The zero-order chi connectivity index (χ0) is 18.5. The molecule has 2 aliphatic heterocycles. The minimum atomic E-state index is -1.14. The Kier molecular flexibility index (Phi) is 6.53. The fraction of sp³-hybridized carbons (Fsp3) is 0.611. The van der Waals surface area contributed by atoms with Crippen molar-refractivity contribution in [1.29, 1.82) is 0 Å². The molecule has 6 nitrogen and oxygen atoms in total. The minimum Gasteiger partial charge on any atom is -0.379 e. The molecule has 1 aromatic rings. The van der Waals surface area contributed by atoms with E-state index in [1.54, 1.807) is 0 Å². The van der Waals surface area contributed by atoms with Gasteiger partial charge in [0.2, 0.25) is 5.91 Å². The second kappa shape index (κ2) is 8.85. The molecule has 2 aliphatic rings. The number of carbonyl (C=O) groups is 1. The molecule has 0 radical (unpaired) electrons. The molecule has 2 fully saturated rings. The Balaban J connectivity index is 1.44. The number of hydrogen-bond acceptors (Lipinski definition) is 5. The van der Waals surface area contributed by atoms with Crippen LogP contribution >= 0.6 is 0 Å². The number of nitrogens with two attached hydrogens (primary N) is 1. The fourth-order valence-electron chi connectivity index (χ4n) is 3.45. The molecule has 0 spiro atoms. The van der Waals surface area contributed by atoms with Gasteiger partial charge in [-0.15, -0.1) is 0 Å². The normalized spacial score (nSPS) is 23.1. The number of rotatable bonds is 6. The Bertz CT molecular complexity index is 625. The first-order valence-electron chi connectivity index (χ1n) is 9.06. The molecule has 0 bridgehead atoms. The zero-order valence-electron chi connectivity index (χ0n) is 14.8. The Morgan fingerprint density at radius 3 is 2.69 bits per heavy atom. The first-order chi connectivity index (χ1) is 12.5. The standard InChI is InChI=1S/C18H26F2N4O2/c19-13-1-2-15(16(20)11-13)17(21)18(25)22-14-3-4-24(12-14)6-5-23-7-9-26-10-8-23/h1-2,11,14,17H,3-10,12,21H2,(H,22,25). The van der Waals surface area contributed by atoms with E-state index in [-0.39, 0.29) is 11.6 Å². The first kappa shape index (κ1) is 19.2. The van der Waals surface area contributed by atoms with Crippen molar-refractivity contribution >= 4 is 5.91 Å². The molecule has 26 heavy (non-hydrogen) atoms. The maximum Gasteiger partial charge on any atom is 0.241 e. The summed E-state index contributed by atoms with van der Waals surface area (Å²) in [4.78, 5) is 17.0. The highest BCUT2D eigenvalue weighted by molar-refractivity contribution is 5.83. The van der Waals surface area contributed by atoms with Gasteiger partial charge in [-0.2, -0.15) is 0 Å². The van der Waals surface area contributed by atoms with Crippen molar-refractivity contribution in [2.45, 2.75) is 18.5 Å². The number of benzene rings is 1. The van der Waals surface area contributed by atoms with Crippen LogP contribution in [-0.4, -0.2) is 74.2 Å². The van der Waals surface area contributed by atoms with Crippen LogP contribution in [0.3, 0.4) is 0 Å². The maximum absolute atomic E-state index is 13.8. The molecule has 1 amide bonds. The molecule has 0 aromatic heterocycles. The van der Waals surface area contributed by atoms with Gasteiger partial charge in [0.25, 0.3) is 0 Å². The summed E-state index contributed by atoms with van der Waals surface area (Å²) in [5.41, 5.74) is 5.86. The number of morpholine rings is 1. The van der Waals surface area contributed by atoms with Crippen LogP contribution < -0.4 is 11.1 Å². The Morgan fingerprint density at radius 2 is 1.96 bits per heavy atom. The van der Waals surface area contributed by atoms with Gasteiger partial charge in [0.1, 0.15) is 17.7 Å². The van der Waals surface area contributed by atoms with E-state index >= 15 is 0 Å². The molecule has 2 unspecified atom stereocenters. The fourth-order valence-corrected chi connectivity index (χ4v) is 3.45. The lowest BCUT2D eigenvalue weighted by Gasteiger charge is -2.28. The van der Waals surface area contributed by atoms with E-state index in [2.05, 4.69) is 15.1 Å². The molecular weight excluding hydrogens is 342 g/mol. The molecule has 3 rings (SSSR count). The van der Waals surface area contributed by atoms with E-state index in [4.69, 9.17) is 10.5 Å². The second-order valence-electron chi connectivity index (χ2n) is 6.89. The quantitative estimate of drug-likeness (QED) is 0.765. The van der Waals surface area contributed by atoms with E-state index in [1.165, 1.54) is 6.07 Å². The van der Waals surface area contributed by atoms with E-state index in [0.717, 1.165) is 71.0 Å². The van der Waals surface area contributed by atoms with Crippen LogP contribution in [0.2, 0.25) is 0 Å². The summed E-state index contributed by atoms with van der Waals surface area (Å²) in [6, 6.07) is 1.93. The summed E-state index contributed by atoms with van der Waals surface area (Å²) in [6.07, 6.45) is 0.841. The largest absolute Gasteiger partial charge is 0.379 e.